The van der Waals surface area contributed by atoms with Crippen LogP contribution < -0.4 is 21.9 Å². The molecule has 4 aliphatic rings. The number of fused-ring (bicyclic) bond motifs is 9. The molecule has 0 amide bonds. The standard InChI is InChI=1S/C34H18B2N2S2/c1-2-12-27-25(11-1)35-30-24(23-10-4-7-20-14-16-37(35)32(20)23)18-26-33(34(30)39-27)40-28-13-5-8-21-22-9-3-6-19-15-17-38(31(19)22)36(26)29(21)28/h1-18H. The fourth-order valence-electron chi connectivity index (χ4n) is 7.94. The molecule has 40 heavy (non-hydrogen) atoms. The van der Waals surface area contributed by atoms with Crippen molar-refractivity contribution in [1.29, 1.82) is 0 Å². The summed E-state index contributed by atoms with van der Waals surface area (Å²) in [6.07, 6.45) is 4.63. The molecule has 0 unspecified atom stereocenters. The van der Waals surface area contributed by atoms with E-state index in [1.54, 1.807) is 0 Å². The molecule has 2 aromatic heterocycles. The van der Waals surface area contributed by atoms with Gasteiger partial charge < -0.3 is 8.96 Å². The molecule has 4 aliphatic heterocycles. The largest absolute Gasteiger partial charge is 0.382 e. The van der Waals surface area contributed by atoms with Gasteiger partial charge in [-0.25, -0.2) is 0 Å². The van der Waals surface area contributed by atoms with Crippen LogP contribution in [0.25, 0.3) is 44.1 Å². The van der Waals surface area contributed by atoms with Crippen LogP contribution >= 0.6 is 23.5 Å². The molecule has 0 saturated heterocycles. The molecule has 182 valence electrons. The molecule has 0 spiro atoms. The Labute approximate surface area is 240 Å². The van der Waals surface area contributed by atoms with Crippen LogP contribution in [-0.4, -0.2) is 22.7 Å². The molecule has 6 heterocycles. The fourth-order valence-corrected chi connectivity index (χ4v) is 10.6. The van der Waals surface area contributed by atoms with Crippen LogP contribution in [0.1, 0.15) is 0 Å². The highest BCUT2D eigenvalue weighted by Gasteiger charge is 2.45. The zero-order chi connectivity index (χ0) is 25.7. The first kappa shape index (κ1) is 20.8. The zero-order valence-corrected chi connectivity index (χ0v) is 22.9. The van der Waals surface area contributed by atoms with Gasteiger partial charge in [-0.05, 0) is 80.4 Å². The van der Waals surface area contributed by atoms with Gasteiger partial charge in [0.2, 0.25) is 0 Å². The molecule has 0 saturated carbocycles. The van der Waals surface area contributed by atoms with E-state index in [0.717, 1.165) is 0 Å². The van der Waals surface area contributed by atoms with Crippen molar-refractivity contribution in [2.24, 2.45) is 0 Å². The third-order valence-electron chi connectivity index (χ3n) is 9.47. The first-order valence-electron chi connectivity index (χ1n) is 13.8. The number of benzene rings is 5. The normalized spacial score (nSPS) is 14.7. The van der Waals surface area contributed by atoms with Crippen LogP contribution in [0.15, 0.2) is 129 Å². The van der Waals surface area contributed by atoms with Crippen molar-refractivity contribution in [1.82, 2.24) is 8.96 Å². The SMILES string of the molecule is c1ccc2c(c1)Sc1c3c(cc4c1B2n1ccc2cccc-4c21)B1c2c(cccc2-c2cccc4ccn1c24)S3. The maximum atomic E-state index is 2.57. The second-order valence-electron chi connectivity index (χ2n) is 11.3. The number of para-hydroxylation sites is 2. The number of aromatic nitrogens is 2. The maximum Gasteiger partial charge on any atom is 0.330 e. The summed E-state index contributed by atoms with van der Waals surface area (Å²) in [6.45, 7) is 0.361. The Morgan fingerprint density at radius 2 is 1.10 bits per heavy atom. The van der Waals surface area contributed by atoms with Crippen molar-refractivity contribution in [3.63, 3.8) is 0 Å². The van der Waals surface area contributed by atoms with Crippen molar-refractivity contribution < 1.29 is 0 Å². The molecule has 2 nitrogen and oxygen atoms in total. The lowest BCUT2D eigenvalue weighted by atomic mass is 9.44. The van der Waals surface area contributed by atoms with Gasteiger partial charge in [0.1, 0.15) is 0 Å². The van der Waals surface area contributed by atoms with E-state index in [2.05, 4.69) is 118 Å². The number of hydrogen-bond acceptors (Lipinski definition) is 2. The van der Waals surface area contributed by atoms with Crippen molar-refractivity contribution in [2.75, 3.05) is 0 Å². The van der Waals surface area contributed by atoms with E-state index in [1.807, 2.05) is 23.5 Å². The number of hydrogen-bond donors (Lipinski definition) is 0. The van der Waals surface area contributed by atoms with Crippen LogP contribution in [0, 0.1) is 0 Å². The summed E-state index contributed by atoms with van der Waals surface area (Å²) in [5.41, 5.74) is 14.0. The summed E-state index contributed by atoms with van der Waals surface area (Å²) in [4.78, 5) is 5.63. The Morgan fingerprint density at radius 1 is 0.475 bits per heavy atom. The van der Waals surface area contributed by atoms with Crippen molar-refractivity contribution >= 4 is 80.9 Å². The highest BCUT2D eigenvalue weighted by Crippen LogP contribution is 2.47. The smallest absolute Gasteiger partial charge is 0.330 e. The molecule has 0 N–H and O–H groups in total. The molecule has 5 aromatic carbocycles. The lowest BCUT2D eigenvalue weighted by molar-refractivity contribution is 1.19. The Hall–Kier alpha value is -3.99. The molecule has 0 aliphatic carbocycles. The predicted octanol–water partition coefficient (Wildman–Crippen LogP) is 5.79. The summed E-state index contributed by atoms with van der Waals surface area (Å²) >= 11 is 3.96. The third-order valence-corrected chi connectivity index (χ3v) is 12.0. The van der Waals surface area contributed by atoms with E-state index in [9.17, 15) is 0 Å². The van der Waals surface area contributed by atoms with Gasteiger partial charge >= 0.3 is 13.7 Å². The zero-order valence-electron chi connectivity index (χ0n) is 21.3. The van der Waals surface area contributed by atoms with E-state index >= 15 is 0 Å². The third kappa shape index (κ3) is 2.30. The maximum absolute atomic E-state index is 2.57. The van der Waals surface area contributed by atoms with Gasteiger partial charge in [-0.15, -0.1) is 0 Å². The highest BCUT2D eigenvalue weighted by atomic mass is 32.2. The van der Waals surface area contributed by atoms with E-state index < -0.39 is 0 Å². The summed E-state index contributed by atoms with van der Waals surface area (Å²) < 4.78 is 5.09. The van der Waals surface area contributed by atoms with Crippen molar-refractivity contribution in [3.8, 4) is 22.3 Å². The Bertz CT molecular complexity index is 2310. The van der Waals surface area contributed by atoms with Crippen LogP contribution in [0.3, 0.4) is 0 Å². The lowest BCUT2D eigenvalue weighted by Crippen LogP contribution is -2.58. The first-order valence-corrected chi connectivity index (χ1v) is 15.5. The molecule has 0 fully saturated rings. The highest BCUT2D eigenvalue weighted by molar-refractivity contribution is 8.03. The van der Waals surface area contributed by atoms with Crippen molar-refractivity contribution in [2.45, 2.75) is 19.6 Å². The summed E-state index contributed by atoms with van der Waals surface area (Å²) in [7, 11) is 0. The van der Waals surface area contributed by atoms with Crippen LogP contribution in [0.5, 0.6) is 0 Å². The minimum Gasteiger partial charge on any atom is -0.382 e. The summed E-state index contributed by atoms with van der Waals surface area (Å²) in [5.74, 6) is 0. The van der Waals surface area contributed by atoms with E-state index in [0.29, 0.717) is 0 Å². The first-order chi connectivity index (χ1) is 19.8. The average molecular weight is 540 g/mol. The monoisotopic (exact) mass is 540 g/mol. The molecule has 0 radical (unpaired) electrons. The molecule has 0 atom stereocenters. The fraction of sp³-hybridized carbons (Fsp3) is 0. The van der Waals surface area contributed by atoms with Crippen molar-refractivity contribution in [3.05, 3.63) is 109 Å². The van der Waals surface area contributed by atoms with E-state index in [-0.39, 0.29) is 13.7 Å². The van der Waals surface area contributed by atoms with Crippen LogP contribution in [0.4, 0.5) is 0 Å². The Morgan fingerprint density at radius 3 is 1.90 bits per heavy atom. The molecule has 6 heteroatoms. The Kier molecular flexibility index (Phi) is 3.65. The predicted molar refractivity (Wildman–Crippen MR) is 170 cm³/mol. The minimum atomic E-state index is 0.167. The van der Waals surface area contributed by atoms with E-state index in [4.69, 9.17) is 0 Å². The average Bonchev–Trinajstić information content (AvgIpc) is 3.63. The molecule has 11 rings (SSSR count). The minimum absolute atomic E-state index is 0.167. The quantitative estimate of drug-likeness (QED) is 0.225. The van der Waals surface area contributed by atoms with Crippen LogP contribution in [-0.2, 0) is 0 Å². The lowest BCUT2D eigenvalue weighted by Gasteiger charge is -2.39. The van der Waals surface area contributed by atoms with Gasteiger partial charge in [0.05, 0.1) is 0 Å². The summed E-state index contributed by atoms with van der Waals surface area (Å²) in [5, 5.41) is 2.64. The van der Waals surface area contributed by atoms with Gasteiger partial charge in [-0.3, -0.25) is 0 Å². The summed E-state index contributed by atoms with van der Waals surface area (Å²) in [6, 6.07) is 36.7. The van der Waals surface area contributed by atoms with Gasteiger partial charge in [0.15, 0.2) is 0 Å². The second kappa shape index (κ2) is 7.01. The molecule has 7 aromatic rings. The van der Waals surface area contributed by atoms with Gasteiger partial charge in [-0.2, -0.15) is 0 Å². The Balaban J connectivity index is 1.31. The second-order valence-corrected chi connectivity index (χ2v) is 13.4. The molecular formula is C34H18B2N2S2. The van der Waals surface area contributed by atoms with Gasteiger partial charge in [0.25, 0.3) is 0 Å². The number of rotatable bonds is 0. The van der Waals surface area contributed by atoms with Crippen LogP contribution in [0.2, 0.25) is 0 Å². The van der Waals surface area contributed by atoms with Gasteiger partial charge in [0, 0.05) is 41.7 Å². The molecular weight excluding hydrogens is 522 g/mol. The number of nitrogens with zero attached hydrogens (tertiary/aromatic N) is 2. The van der Waals surface area contributed by atoms with E-state index in [1.165, 1.54) is 85.5 Å². The molecule has 0 bridgehead atoms. The topological polar surface area (TPSA) is 9.86 Å². The van der Waals surface area contributed by atoms with Gasteiger partial charge in [-0.1, -0.05) is 96.3 Å².